The maximum absolute atomic E-state index is 11.5. The summed E-state index contributed by atoms with van der Waals surface area (Å²) in [6.45, 7) is 10.1. The van der Waals surface area contributed by atoms with Crippen LogP contribution in [0.2, 0.25) is 0 Å². The molecule has 1 heterocycles. The lowest BCUT2D eigenvalue weighted by Crippen LogP contribution is -2.03. The van der Waals surface area contributed by atoms with Crippen LogP contribution in [0.1, 0.15) is 23.6 Å². The van der Waals surface area contributed by atoms with E-state index in [4.69, 9.17) is 9.15 Å². The first-order valence-electron chi connectivity index (χ1n) is 6.39. The molecule has 0 fully saturated rings. The van der Waals surface area contributed by atoms with Crippen molar-refractivity contribution in [3.63, 3.8) is 0 Å². The van der Waals surface area contributed by atoms with Gasteiger partial charge in [0.05, 0.1) is 6.61 Å². The van der Waals surface area contributed by atoms with Crippen LogP contribution in [-0.4, -0.2) is 6.61 Å². The van der Waals surface area contributed by atoms with Gasteiger partial charge in [-0.2, -0.15) is 0 Å². The first kappa shape index (κ1) is 13.4. The van der Waals surface area contributed by atoms with Crippen LogP contribution in [0.3, 0.4) is 0 Å². The largest absolute Gasteiger partial charge is 0.493 e. The zero-order chi connectivity index (χ0) is 14.0. The summed E-state index contributed by atoms with van der Waals surface area (Å²) in [5.41, 5.74) is 3.15. The van der Waals surface area contributed by atoms with E-state index in [2.05, 4.69) is 6.58 Å². The standard InChI is InChI=1S/C16H18O3/c1-5-7-12-9-13-10(3)8-14(17)19-16(13)11(4)15(12)18-6-2/h5,8-9H,1,6-7H2,2-4H3. The second-order valence-corrected chi connectivity index (χ2v) is 4.54. The summed E-state index contributed by atoms with van der Waals surface area (Å²) >= 11 is 0. The average Bonchev–Trinajstić information content (AvgIpc) is 2.36. The van der Waals surface area contributed by atoms with E-state index in [9.17, 15) is 4.79 Å². The quantitative estimate of drug-likeness (QED) is 0.622. The Labute approximate surface area is 112 Å². The van der Waals surface area contributed by atoms with Crippen LogP contribution in [0.5, 0.6) is 5.75 Å². The maximum Gasteiger partial charge on any atom is 0.336 e. The molecule has 0 aliphatic heterocycles. The Balaban J connectivity index is 2.84. The molecule has 0 aliphatic carbocycles. The number of ether oxygens (including phenoxy) is 1. The van der Waals surface area contributed by atoms with Gasteiger partial charge in [0.1, 0.15) is 11.3 Å². The van der Waals surface area contributed by atoms with Gasteiger partial charge >= 0.3 is 5.63 Å². The minimum atomic E-state index is -0.327. The van der Waals surface area contributed by atoms with Crippen molar-refractivity contribution in [2.45, 2.75) is 27.2 Å². The summed E-state index contributed by atoms with van der Waals surface area (Å²) in [5.74, 6) is 0.795. The SMILES string of the molecule is C=CCc1cc2c(C)cc(=O)oc2c(C)c1OCC. The molecule has 100 valence electrons. The number of fused-ring (bicyclic) bond motifs is 1. The number of aryl methyl sites for hydroxylation is 2. The topological polar surface area (TPSA) is 39.4 Å². The van der Waals surface area contributed by atoms with Gasteiger partial charge in [0.25, 0.3) is 0 Å². The molecule has 0 atom stereocenters. The molecule has 0 aliphatic rings. The second kappa shape index (κ2) is 5.31. The van der Waals surface area contributed by atoms with Crippen LogP contribution in [0.25, 0.3) is 11.0 Å². The fourth-order valence-electron chi connectivity index (χ4n) is 2.31. The number of rotatable bonds is 4. The van der Waals surface area contributed by atoms with Crippen molar-refractivity contribution in [3.05, 3.63) is 51.9 Å². The zero-order valence-electron chi connectivity index (χ0n) is 11.6. The first-order valence-corrected chi connectivity index (χ1v) is 6.39. The van der Waals surface area contributed by atoms with Crippen molar-refractivity contribution < 1.29 is 9.15 Å². The van der Waals surface area contributed by atoms with E-state index in [0.29, 0.717) is 12.2 Å². The molecule has 3 nitrogen and oxygen atoms in total. The molecule has 0 bridgehead atoms. The summed E-state index contributed by atoms with van der Waals surface area (Å²) in [6, 6.07) is 3.53. The lowest BCUT2D eigenvalue weighted by molar-refractivity contribution is 0.334. The van der Waals surface area contributed by atoms with Crippen LogP contribution in [0, 0.1) is 13.8 Å². The van der Waals surface area contributed by atoms with Gasteiger partial charge in [-0.25, -0.2) is 4.79 Å². The predicted octanol–water partition coefficient (Wildman–Crippen LogP) is 3.54. The van der Waals surface area contributed by atoms with Crippen LogP contribution in [0.15, 0.2) is 34.0 Å². The number of allylic oxidation sites excluding steroid dienone is 1. The summed E-state index contributed by atoms with van der Waals surface area (Å²) in [7, 11) is 0. The molecule has 0 unspecified atom stereocenters. The van der Waals surface area contributed by atoms with Gasteiger partial charge in [-0.05, 0) is 44.4 Å². The smallest absolute Gasteiger partial charge is 0.336 e. The van der Waals surface area contributed by atoms with Gasteiger partial charge in [0, 0.05) is 17.0 Å². The number of hydrogen-bond donors (Lipinski definition) is 0. The normalized spacial score (nSPS) is 10.7. The average molecular weight is 258 g/mol. The molecule has 0 radical (unpaired) electrons. The Morgan fingerprint density at radius 2 is 2.11 bits per heavy atom. The summed E-state index contributed by atoms with van der Waals surface area (Å²) in [6.07, 6.45) is 2.57. The van der Waals surface area contributed by atoms with Crippen molar-refractivity contribution in [2.75, 3.05) is 6.61 Å². The van der Waals surface area contributed by atoms with E-state index in [1.54, 1.807) is 0 Å². The van der Waals surface area contributed by atoms with E-state index >= 15 is 0 Å². The minimum absolute atomic E-state index is 0.327. The Morgan fingerprint density at radius 3 is 2.74 bits per heavy atom. The van der Waals surface area contributed by atoms with Crippen molar-refractivity contribution in [1.82, 2.24) is 0 Å². The van der Waals surface area contributed by atoms with Crippen molar-refractivity contribution in [1.29, 1.82) is 0 Å². The molecule has 2 rings (SSSR count). The number of hydrogen-bond acceptors (Lipinski definition) is 3. The van der Waals surface area contributed by atoms with Gasteiger partial charge in [0.2, 0.25) is 0 Å². The Hall–Kier alpha value is -2.03. The fourth-order valence-corrected chi connectivity index (χ4v) is 2.31. The van der Waals surface area contributed by atoms with E-state index in [1.165, 1.54) is 6.07 Å². The molecule has 1 aromatic carbocycles. The molecule has 19 heavy (non-hydrogen) atoms. The molecule has 0 saturated carbocycles. The van der Waals surface area contributed by atoms with E-state index in [-0.39, 0.29) is 5.63 Å². The Bertz CT molecular complexity index is 680. The molecular formula is C16H18O3. The highest BCUT2D eigenvalue weighted by atomic mass is 16.5. The summed E-state index contributed by atoms with van der Waals surface area (Å²) < 4.78 is 11.0. The highest BCUT2D eigenvalue weighted by molar-refractivity contribution is 5.86. The second-order valence-electron chi connectivity index (χ2n) is 4.54. The molecule has 0 amide bonds. The van der Waals surface area contributed by atoms with E-state index < -0.39 is 0 Å². The summed E-state index contributed by atoms with van der Waals surface area (Å²) in [4.78, 5) is 11.5. The van der Waals surface area contributed by atoms with Crippen LogP contribution in [-0.2, 0) is 6.42 Å². The van der Waals surface area contributed by atoms with Gasteiger partial charge in [0.15, 0.2) is 0 Å². The third kappa shape index (κ3) is 2.41. The van der Waals surface area contributed by atoms with Gasteiger partial charge in [-0.3, -0.25) is 0 Å². The van der Waals surface area contributed by atoms with Gasteiger partial charge < -0.3 is 9.15 Å². The lowest BCUT2D eigenvalue weighted by Gasteiger charge is -2.14. The molecule has 0 saturated heterocycles. The van der Waals surface area contributed by atoms with Crippen molar-refractivity contribution >= 4 is 11.0 Å². The molecule has 2 aromatic rings. The summed E-state index contributed by atoms with van der Waals surface area (Å²) in [5, 5.41) is 0.956. The van der Waals surface area contributed by atoms with Crippen LogP contribution in [0.4, 0.5) is 0 Å². The van der Waals surface area contributed by atoms with Crippen LogP contribution >= 0.6 is 0 Å². The highest BCUT2D eigenvalue weighted by Crippen LogP contribution is 2.32. The first-order chi connectivity index (χ1) is 9.08. The molecule has 3 heteroatoms. The monoisotopic (exact) mass is 258 g/mol. The molecular weight excluding hydrogens is 240 g/mol. The highest BCUT2D eigenvalue weighted by Gasteiger charge is 2.14. The number of benzene rings is 1. The zero-order valence-corrected chi connectivity index (χ0v) is 11.6. The van der Waals surface area contributed by atoms with Crippen molar-refractivity contribution in [3.8, 4) is 5.75 Å². The molecule has 1 aromatic heterocycles. The lowest BCUT2D eigenvalue weighted by atomic mass is 10.0. The van der Waals surface area contributed by atoms with Gasteiger partial charge in [-0.15, -0.1) is 6.58 Å². The van der Waals surface area contributed by atoms with Crippen LogP contribution < -0.4 is 10.4 Å². The third-order valence-corrected chi connectivity index (χ3v) is 3.15. The third-order valence-electron chi connectivity index (χ3n) is 3.15. The Morgan fingerprint density at radius 1 is 1.37 bits per heavy atom. The van der Waals surface area contributed by atoms with E-state index in [0.717, 1.165) is 34.2 Å². The maximum atomic E-state index is 11.5. The Kier molecular flexibility index (Phi) is 3.74. The molecule has 0 spiro atoms. The van der Waals surface area contributed by atoms with Crippen molar-refractivity contribution in [2.24, 2.45) is 0 Å². The fraction of sp³-hybridized carbons (Fsp3) is 0.312. The van der Waals surface area contributed by atoms with E-state index in [1.807, 2.05) is 32.9 Å². The molecule has 0 N–H and O–H groups in total. The predicted molar refractivity (Wildman–Crippen MR) is 77.0 cm³/mol. The van der Waals surface area contributed by atoms with Gasteiger partial charge in [-0.1, -0.05) is 6.08 Å². The minimum Gasteiger partial charge on any atom is -0.493 e.